The quantitative estimate of drug-likeness (QED) is 0.633. The summed E-state index contributed by atoms with van der Waals surface area (Å²) in [6.07, 6.45) is 7.42. The van der Waals surface area contributed by atoms with E-state index < -0.39 is 0 Å². The first-order chi connectivity index (χ1) is 7.79. The summed E-state index contributed by atoms with van der Waals surface area (Å²) in [6, 6.07) is 0. The van der Waals surface area contributed by atoms with E-state index in [1.807, 2.05) is 24.0 Å². The molecule has 2 bridgehead atoms. The van der Waals surface area contributed by atoms with E-state index in [2.05, 4.69) is 10.1 Å². The molecule has 4 nitrogen and oxygen atoms in total. The van der Waals surface area contributed by atoms with Gasteiger partial charge in [-0.3, -0.25) is 0 Å². The van der Waals surface area contributed by atoms with Crippen LogP contribution in [0.25, 0.3) is 0 Å². The van der Waals surface area contributed by atoms with Gasteiger partial charge in [0.15, 0.2) is 5.16 Å². The lowest BCUT2D eigenvalue weighted by Crippen LogP contribution is -2.25. The second-order valence-electron chi connectivity index (χ2n) is 4.65. The molecule has 1 heterocycles. The zero-order valence-electron chi connectivity index (χ0n) is 9.21. The first-order valence-electron chi connectivity index (χ1n) is 5.65. The number of aromatic nitrogens is 2. The molecule has 2 aliphatic carbocycles. The van der Waals surface area contributed by atoms with Gasteiger partial charge < -0.3 is 9.77 Å². The molecule has 0 aromatic carbocycles. The van der Waals surface area contributed by atoms with Crippen LogP contribution in [0.2, 0.25) is 0 Å². The van der Waals surface area contributed by atoms with Crippen LogP contribution in [0, 0.1) is 11.8 Å². The van der Waals surface area contributed by atoms with Crippen LogP contribution in [-0.2, 0) is 7.05 Å². The summed E-state index contributed by atoms with van der Waals surface area (Å²) in [4.78, 5) is 4.32. The molecular weight excluding hydrogens is 222 g/mol. The van der Waals surface area contributed by atoms with Crippen LogP contribution in [0.15, 0.2) is 22.7 Å². The summed E-state index contributed by atoms with van der Waals surface area (Å²) in [5.74, 6) is 1.20. The van der Waals surface area contributed by atoms with Crippen molar-refractivity contribution in [2.24, 2.45) is 24.0 Å². The highest BCUT2D eigenvalue weighted by Crippen LogP contribution is 2.49. The number of fused-ring (bicyclic) bond motifs is 2. The predicted molar refractivity (Wildman–Crippen MR) is 62.9 cm³/mol. The van der Waals surface area contributed by atoms with Gasteiger partial charge in [-0.1, -0.05) is 16.9 Å². The zero-order chi connectivity index (χ0) is 11.1. The molecule has 86 valence electrons. The van der Waals surface area contributed by atoms with Gasteiger partial charge >= 0.3 is 0 Å². The molecule has 2 saturated carbocycles. The van der Waals surface area contributed by atoms with Crippen LogP contribution in [-0.4, -0.2) is 25.7 Å². The molecule has 1 aromatic rings. The molecule has 0 amide bonds. The maximum Gasteiger partial charge on any atom is 0.168 e. The van der Waals surface area contributed by atoms with Crippen molar-refractivity contribution in [3.63, 3.8) is 0 Å². The fourth-order valence-electron chi connectivity index (χ4n) is 2.91. The summed E-state index contributed by atoms with van der Waals surface area (Å²) in [7, 11) is 2.00. The van der Waals surface area contributed by atoms with E-state index in [4.69, 9.17) is 5.21 Å². The Morgan fingerprint density at radius 2 is 2.44 bits per heavy atom. The van der Waals surface area contributed by atoms with Crippen LogP contribution in [0.5, 0.6) is 0 Å². The molecular formula is C11H15N3OS. The molecule has 0 saturated heterocycles. The first kappa shape index (κ1) is 10.2. The number of oxime groups is 1. The highest BCUT2D eigenvalue weighted by atomic mass is 32.2. The van der Waals surface area contributed by atoms with Crippen molar-refractivity contribution >= 4 is 17.5 Å². The predicted octanol–water partition coefficient (Wildman–Crippen LogP) is 2.14. The minimum atomic E-state index is 0.338. The molecule has 1 N–H and O–H groups in total. The van der Waals surface area contributed by atoms with Gasteiger partial charge in [0.05, 0.1) is 11.0 Å². The van der Waals surface area contributed by atoms with E-state index in [0.29, 0.717) is 17.1 Å². The van der Waals surface area contributed by atoms with Crippen molar-refractivity contribution in [2.75, 3.05) is 0 Å². The maximum absolute atomic E-state index is 9.10. The number of thioether (sulfide) groups is 1. The van der Waals surface area contributed by atoms with E-state index in [9.17, 15) is 0 Å². The summed E-state index contributed by atoms with van der Waals surface area (Å²) in [5, 5.41) is 14.0. The Kier molecular flexibility index (Phi) is 2.42. The van der Waals surface area contributed by atoms with Gasteiger partial charge in [0, 0.05) is 25.4 Å². The van der Waals surface area contributed by atoms with Crippen LogP contribution in [0.3, 0.4) is 0 Å². The second-order valence-corrected chi connectivity index (χ2v) is 5.76. The fraction of sp³-hybridized carbons (Fsp3) is 0.636. The molecule has 2 aliphatic rings. The van der Waals surface area contributed by atoms with Gasteiger partial charge in [-0.2, -0.15) is 0 Å². The van der Waals surface area contributed by atoms with Crippen molar-refractivity contribution in [3.05, 3.63) is 12.4 Å². The van der Waals surface area contributed by atoms with Gasteiger partial charge in [0.25, 0.3) is 0 Å². The third kappa shape index (κ3) is 1.45. The monoisotopic (exact) mass is 237 g/mol. The molecule has 3 rings (SSSR count). The van der Waals surface area contributed by atoms with Crippen molar-refractivity contribution in [2.45, 2.75) is 29.7 Å². The SMILES string of the molecule is Cn1ccnc1S[C@@H]1/C(=N/O)[C@H]2CC[C@H]1C2. The Labute approximate surface area is 98.7 Å². The number of hydrogen-bond acceptors (Lipinski definition) is 4. The second kappa shape index (κ2) is 3.80. The Morgan fingerprint density at radius 1 is 1.56 bits per heavy atom. The molecule has 0 aliphatic heterocycles. The fourth-order valence-corrected chi connectivity index (χ4v) is 4.28. The lowest BCUT2D eigenvalue weighted by atomic mass is 9.98. The number of aryl methyl sites for hydroxylation is 1. The zero-order valence-corrected chi connectivity index (χ0v) is 10.0. The average molecular weight is 237 g/mol. The van der Waals surface area contributed by atoms with Gasteiger partial charge in [0.2, 0.25) is 0 Å². The van der Waals surface area contributed by atoms with E-state index in [1.165, 1.54) is 19.3 Å². The summed E-state index contributed by atoms with van der Waals surface area (Å²) < 4.78 is 2.02. The third-order valence-electron chi connectivity index (χ3n) is 3.74. The summed E-state index contributed by atoms with van der Waals surface area (Å²) in [5.41, 5.74) is 0.990. The molecule has 0 spiro atoms. The van der Waals surface area contributed by atoms with Gasteiger partial charge in [-0.25, -0.2) is 4.98 Å². The smallest absolute Gasteiger partial charge is 0.168 e. The Bertz CT molecular complexity index is 429. The largest absolute Gasteiger partial charge is 0.411 e. The molecule has 0 unspecified atom stereocenters. The number of imidazole rings is 1. The highest BCUT2D eigenvalue weighted by Gasteiger charge is 2.46. The Morgan fingerprint density at radius 3 is 3.12 bits per heavy atom. The van der Waals surface area contributed by atoms with Crippen LogP contribution in [0.1, 0.15) is 19.3 Å². The molecule has 5 heteroatoms. The maximum atomic E-state index is 9.10. The number of hydrogen-bond donors (Lipinski definition) is 1. The molecule has 16 heavy (non-hydrogen) atoms. The van der Waals surface area contributed by atoms with E-state index in [1.54, 1.807) is 11.8 Å². The van der Waals surface area contributed by atoms with Crippen molar-refractivity contribution in [3.8, 4) is 0 Å². The molecule has 0 radical (unpaired) electrons. The van der Waals surface area contributed by atoms with E-state index in [0.717, 1.165) is 10.9 Å². The van der Waals surface area contributed by atoms with Crippen molar-refractivity contribution in [1.29, 1.82) is 0 Å². The van der Waals surface area contributed by atoms with Gasteiger partial charge in [0.1, 0.15) is 0 Å². The minimum Gasteiger partial charge on any atom is -0.411 e. The highest BCUT2D eigenvalue weighted by molar-refractivity contribution is 8.00. The standard InChI is InChI=1S/C11H15N3OS/c1-14-5-4-12-11(14)16-10-8-3-2-7(6-8)9(10)13-15/h4-5,7-8,10,15H,2-3,6H2,1H3/b13-9+/t7-,8-,10-/m0/s1. The average Bonchev–Trinajstić information content (AvgIpc) is 2.95. The van der Waals surface area contributed by atoms with E-state index in [-0.39, 0.29) is 0 Å². The topological polar surface area (TPSA) is 50.4 Å². The van der Waals surface area contributed by atoms with Crippen molar-refractivity contribution in [1.82, 2.24) is 9.55 Å². The lowest BCUT2D eigenvalue weighted by Gasteiger charge is -2.21. The van der Waals surface area contributed by atoms with Crippen LogP contribution >= 0.6 is 11.8 Å². The normalized spacial score (nSPS) is 35.1. The van der Waals surface area contributed by atoms with Gasteiger partial charge in [-0.05, 0) is 25.2 Å². The Balaban J connectivity index is 1.83. The molecule has 1 aromatic heterocycles. The number of nitrogens with zero attached hydrogens (tertiary/aromatic N) is 3. The van der Waals surface area contributed by atoms with Gasteiger partial charge in [-0.15, -0.1) is 0 Å². The number of rotatable bonds is 2. The van der Waals surface area contributed by atoms with Crippen LogP contribution < -0.4 is 0 Å². The molecule has 2 fully saturated rings. The summed E-state index contributed by atoms with van der Waals surface area (Å²) in [6.45, 7) is 0. The lowest BCUT2D eigenvalue weighted by molar-refractivity contribution is 0.314. The van der Waals surface area contributed by atoms with Crippen LogP contribution in [0.4, 0.5) is 0 Å². The van der Waals surface area contributed by atoms with Crippen molar-refractivity contribution < 1.29 is 5.21 Å². The first-order valence-corrected chi connectivity index (χ1v) is 6.53. The minimum absolute atomic E-state index is 0.338. The molecule has 3 atom stereocenters. The van der Waals surface area contributed by atoms with E-state index >= 15 is 0 Å². The summed E-state index contributed by atoms with van der Waals surface area (Å²) >= 11 is 1.74. The third-order valence-corrected chi connectivity index (χ3v) is 5.22. The Hall–Kier alpha value is -0.970.